The number of para-hydroxylation sites is 3. The molecule has 0 unspecified atom stereocenters. The Morgan fingerprint density at radius 2 is 1.21 bits per heavy atom. The van der Waals surface area contributed by atoms with Crippen molar-refractivity contribution in [1.29, 1.82) is 0 Å². The van der Waals surface area contributed by atoms with Gasteiger partial charge in [-0.05, 0) is 112 Å². The quantitative estimate of drug-likeness (QED) is 0.115. The largest absolute Gasteiger partial charge is 0.454 e. The van der Waals surface area contributed by atoms with Crippen LogP contribution in [0.25, 0.3) is 39.9 Å². The molecule has 10 rings (SSSR count). The fourth-order valence-electron chi connectivity index (χ4n) is 9.97. The van der Waals surface area contributed by atoms with Crippen LogP contribution in [0.15, 0.2) is 231 Å². The van der Waals surface area contributed by atoms with E-state index in [-0.39, 0.29) is 0 Å². The average Bonchev–Trinajstić information content (AvgIpc) is 3.86. The Labute approximate surface area is 364 Å². The van der Waals surface area contributed by atoms with Gasteiger partial charge in [-0.1, -0.05) is 172 Å². The predicted molar refractivity (Wildman–Crippen MR) is 262 cm³/mol. The highest BCUT2D eigenvalue weighted by atomic mass is 16.3. The van der Waals surface area contributed by atoms with Gasteiger partial charge < -0.3 is 14.2 Å². The van der Waals surface area contributed by atoms with E-state index in [1.165, 1.54) is 16.5 Å². The lowest BCUT2D eigenvalue weighted by atomic mass is 9.67. The Bertz CT molecular complexity index is 3040. The van der Waals surface area contributed by atoms with Crippen LogP contribution in [0, 0.1) is 0 Å². The van der Waals surface area contributed by atoms with Crippen LogP contribution in [-0.2, 0) is 11.8 Å². The minimum atomic E-state index is -0.748. The third-order valence-corrected chi connectivity index (χ3v) is 12.5. The number of aryl methyl sites for hydroxylation is 1. The van der Waals surface area contributed by atoms with E-state index in [1.807, 2.05) is 42.5 Å². The molecule has 0 aliphatic heterocycles. The second-order valence-corrected chi connectivity index (χ2v) is 15.7. The van der Waals surface area contributed by atoms with Crippen molar-refractivity contribution in [2.24, 2.45) is 0 Å². The van der Waals surface area contributed by atoms with Crippen LogP contribution in [0.4, 0.5) is 22.7 Å². The summed E-state index contributed by atoms with van der Waals surface area (Å²) >= 11 is 0. The first-order valence-electron chi connectivity index (χ1n) is 21.2. The summed E-state index contributed by atoms with van der Waals surface area (Å²) in [5.41, 5.74) is 16.3. The molecular weight excluding hydrogens is 753 g/mol. The number of furan rings is 1. The SMILES string of the molecule is C=C/C=C(\C=C)N(c1ccccc1)c1cc2c(c(C=C)c1C=C)-c1ccc(N(C3=CCCc4c3oc3ccccc43)c3ccccc3)cc1C2(c1ccccc1)c1ccccc1. The number of anilines is 4. The van der Waals surface area contributed by atoms with Crippen molar-refractivity contribution in [3.63, 3.8) is 0 Å². The van der Waals surface area contributed by atoms with Gasteiger partial charge in [0.15, 0.2) is 5.76 Å². The number of hydrogen-bond donors (Lipinski definition) is 0. The van der Waals surface area contributed by atoms with Gasteiger partial charge in [0, 0.05) is 39.3 Å². The van der Waals surface area contributed by atoms with E-state index in [0.29, 0.717) is 0 Å². The molecule has 0 saturated carbocycles. The Hall–Kier alpha value is -7.88. The molecule has 298 valence electrons. The summed E-state index contributed by atoms with van der Waals surface area (Å²) in [5.74, 6) is 0.920. The number of nitrogens with zero attached hydrogens (tertiary/aromatic N) is 2. The Kier molecular flexibility index (Phi) is 9.86. The second-order valence-electron chi connectivity index (χ2n) is 15.7. The third kappa shape index (κ3) is 5.96. The van der Waals surface area contributed by atoms with Crippen LogP contribution in [0.3, 0.4) is 0 Å². The first kappa shape index (κ1) is 38.3. The molecule has 0 bridgehead atoms. The van der Waals surface area contributed by atoms with Crippen molar-refractivity contribution in [1.82, 2.24) is 0 Å². The van der Waals surface area contributed by atoms with Gasteiger partial charge in [-0.25, -0.2) is 0 Å². The van der Waals surface area contributed by atoms with Crippen LogP contribution in [0.1, 0.15) is 51.1 Å². The van der Waals surface area contributed by atoms with Gasteiger partial charge >= 0.3 is 0 Å². The highest BCUT2D eigenvalue weighted by molar-refractivity contribution is 6.00. The van der Waals surface area contributed by atoms with Crippen molar-refractivity contribution >= 4 is 51.6 Å². The molecule has 62 heavy (non-hydrogen) atoms. The average molecular weight is 799 g/mol. The summed E-state index contributed by atoms with van der Waals surface area (Å²) in [6.07, 6.45) is 13.8. The normalized spacial score (nSPS) is 13.6. The molecule has 3 heteroatoms. The van der Waals surface area contributed by atoms with Crippen LogP contribution in [0.5, 0.6) is 0 Å². The molecule has 0 saturated heterocycles. The topological polar surface area (TPSA) is 19.6 Å². The van der Waals surface area contributed by atoms with E-state index in [0.717, 1.165) is 97.3 Å². The minimum Gasteiger partial charge on any atom is -0.454 e. The lowest BCUT2D eigenvalue weighted by Crippen LogP contribution is -2.29. The monoisotopic (exact) mass is 798 g/mol. The van der Waals surface area contributed by atoms with E-state index >= 15 is 0 Å². The summed E-state index contributed by atoms with van der Waals surface area (Å²) < 4.78 is 6.77. The van der Waals surface area contributed by atoms with E-state index in [1.54, 1.807) is 0 Å². The number of rotatable bonds is 12. The Morgan fingerprint density at radius 3 is 1.84 bits per heavy atom. The minimum absolute atomic E-state index is 0.748. The lowest BCUT2D eigenvalue weighted by Gasteiger charge is -2.36. The van der Waals surface area contributed by atoms with Crippen molar-refractivity contribution in [2.45, 2.75) is 18.3 Å². The molecule has 3 nitrogen and oxygen atoms in total. The van der Waals surface area contributed by atoms with Crippen molar-refractivity contribution in [3.05, 3.63) is 271 Å². The fourth-order valence-corrected chi connectivity index (χ4v) is 9.97. The van der Waals surface area contributed by atoms with Gasteiger partial charge in [-0.15, -0.1) is 0 Å². The van der Waals surface area contributed by atoms with Crippen LogP contribution >= 0.6 is 0 Å². The molecule has 0 fully saturated rings. The summed E-state index contributed by atoms with van der Waals surface area (Å²) in [4.78, 5) is 4.64. The van der Waals surface area contributed by atoms with Gasteiger partial charge in [0.25, 0.3) is 0 Å². The van der Waals surface area contributed by atoms with Crippen molar-refractivity contribution in [2.75, 3.05) is 9.80 Å². The van der Waals surface area contributed by atoms with Gasteiger partial charge in [0.05, 0.1) is 16.8 Å². The zero-order chi connectivity index (χ0) is 42.2. The maximum Gasteiger partial charge on any atom is 0.155 e. The first-order chi connectivity index (χ1) is 30.6. The Balaban J connectivity index is 1.31. The highest BCUT2D eigenvalue weighted by Gasteiger charge is 2.48. The molecule has 0 atom stereocenters. The molecule has 1 heterocycles. The number of allylic oxidation sites excluding steroid dienone is 4. The number of benzene rings is 7. The number of fused-ring (bicyclic) bond motifs is 6. The summed E-state index contributed by atoms with van der Waals surface area (Å²) in [6.45, 7) is 17.3. The van der Waals surface area contributed by atoms with E-state index < -0.39 is 5.41 Å². The van der Waals surface area contributed by atoms with Crippen molar-refractivity contribution in [3.8, 4) is 11.1 Å². The lowest BCUT2D eigenvalue weighted by molar-refractivity contribution is 0.588. The smallest absolute Gasteiger partial charge is 0.155 e. The zero-order valence-electron chi connectivity index (χ0n) is 34.7. The molecule has 2 aliphatic carbocycles. The van der Waals surface area contributed by atoms with Gasteiger partial charge in [-0.3, -0.25) is 0 Å². The molecule has 0 radical (unpaired) electrons. The van der Waals surface area contributed by atoms with Crippen LogP contribution in [0.2, 0.25) is 0 Å². The van der Waals surface area contributed by atoms with Gasteiger partial charge in [-0.2, -0.15) is 0 Å². The number of hydrogen-bond acceptors (Lipinski definition) is 3. The van der Waals surface area contributed by atoms with Gasteiger partial charge in [0.2, 0.25) is 0 Å². The molecule has 0 amide bonds. The summed E-state index contributed by atoms with van der Waals surface area (Å²) in [5, 5.41) is 1.18. The van der Waals surface area contributed by atoms with Crippen LogP contribution in [-0.4, -0.2) is 0 Å². The molecule has 0 N–H and O–H groups in total. The second kappa shape index (κ2) is 15.9. The predicted octanol–water partition coefficient (Wildman–Crippen LogP) is 15.6. The highest BCUT2D eigenvalue weighted by Crippen LogP contribution is 2.60. The maximum absolute atomic E-state index is 6.77. The third-order valence-electron chi connectivity index (χ3n) is 12.5. The summed E-state index contributed by atoms with van der Waals surface area (Å²) in [6, 6.07) is 60.8. The standard InChI is InChI=1S/C59H46N2O/c1-5-24-43(6-2)60(44-29-17-11-18-30-44)55-40-53-57(48(8-4)47(55)7-3)51-38-37-46(39-52(51)59(53,41-25-13-9-14-26-41)42-27-15-10-16-28-42)61(45-31-19-12-20-32-45)54-35-23-34-50-49-33-21-22-36-56(49)62-58(50)54/h5-22,24-33,35-40H,1-4,23,34H2/b43-24+. The molecule has 1 aromatic heterocycles. The molecule has 2 aliphatic rings. The first-order valence-corrected chi connectivity index (χ1v) is 21.2. The molecule has 7 aromatic carbocycles. The Morgan fingerprint density at radius 1 is 0.597 bits per heavy atom. The van der Waals surface area contributed by atoms with Crippen molar-refractivity contribution < 1.29 is 4.42 Å². The van der Waals surface area contributed by atoms with Gasteiger partial charge in [0.1, 0.15) is 5.58 Å². The van der Waals surface area contributed by atoms with E-state index in [4.69, 9.17) is 4.42 Å². The summed E-state index contributed by atoms with van der Waals surface area (Å²) in [7, 11) is 0. The molecule has 8 aromatic rings. The maximum atomic E-state index is 6.77. The zero-order valence-corrected chi connectivity index (χ0v) is 34.7. The van der Waals surface area contributed by atoms with E-state index in [2.05, 4.69) is 200 Å². The van der Waals surface area contributed by atoms with Crippen LogP contribution < -0.4 is 9.80 Å². The fraction of sp³-hybridized carbons (Fsp3) is 0.0508. The van der Waals surface area contributed by atoms with E-state index in [9.17, 15) is 0 Å². The molecular formula is C59H46N2O. The molecule has 0 spiro atoms.